The normalized spacial score (nSPS) is 32.4. The summed E-state index contributed by atoms with van der Waals surface area (Å²) < 4.78 is 0. The number of carbonyl (C=O) groups excluding carboxylic acids is 1. The fraction of sp³-hybridized carbons (Fsp3) is 0.933. The molecule has 0 radical (unpaired) electrons. The van der Waals surface area contributed by atoms with Gasteiger partial charge in [0.25, 0.3) is 0 Å². The third-order valence-electron chi connectivity index (χ3n) is 5.10. The van der Waals surface area contributed by atoms with Crippen LogP contribution in [0, 0.1) is 5.92 Å². The second-order valence-electron chi connectivity index (χ2n) is 6.43. The van der Waals surface area contributed by atoms with E-state index in [-0.39, 0.29) is 0 Å². The predicted octanol–water partition coefficient (Wildman–Crippen LogP) is 1.92. The Hall–Kier alpha value is -0.410. The lowest BCUT2D eigenvalue weighted by Crippen LogP contribution is -2.55. The molecule has 1 atom stereocenters. The number of rotatable bonds is 2. The minimum Gasteiger partial charge on any atom is -0.300 e. The second-order valence-corrected chi connectivity index (χ2v) is 6.43. The van der Waals surface area contributed by atoms with Gasteiger partial charge in [-0.3, -0.25) is 9.69 Å². The minimum atomic E-state index is 0.489. The first-order chi connectivity index (χ1) is 8.81. The molecule has 1 aliphatic carbocycles. The minimum absolute atomic E-state index is 0.489. The van der Waals surface area contributed by atoms with Crippen LogP contribution in [0.1, 0.15) is 44.9 Å². The van der Waals surface area contributed by atoms with Crippen molar-refractivity contribution in [2.45, 2.75) is 51.0 Å². The average Bonchev–Trinajstić information content (AvgIpc) is 2.41. The third-order valence-corrected chi connectivity index (χ3v) is 5.10. The van der Waals surface area contributed by atoms with Gasteiger partial charge in [-0.2, -0.15) is 0 Å². The zero-order valence-corrected chi connectivity index (χ0v) is 11.4. The number of carbonyl (C=O) groups is 1. The Kier molecular flexibility index (Phi) is 4.00. The van der Waals surface area contributed by atoms with Crippen LogP contribution < -0.4 is 0 Å². The van der Waals surface area contributed by atoms with Crippen molar-refractivity contribution in [2.24, 2.45) is 5.92 Å². The van der Waals surface area contributed by atoms with Crippen molar-refractivity contribution in [3.05, 3.63) is 0 Å². The summed E-state index contributed by atoms with van der Waals surface area (Å²) in [5.41, 5.74) is 0. The number of hydrogen-bond donors (Lipinski definition) is 0. The van der Waals surface area contributed by atoms with Crippen molar-refractivity contribution in [3.8, 4) is 0 Å². The van der Waals surface area contributed by atoms with Crippen LogP contribution >= 0.6 is 0 Å². The molecular formula is C15H26N2O. The molecule has 3 aliphatic rings. The molecule has 0 spiro atoms. The summed E-state index contributed by atoms with van der Waals surface area (Å²) in [6.07, 6.45) is 8.20. The number of fused-ring (bicyclic) bond motifs is 1. The van der Waals surface area contributed by atoms with Crippen LogP contribution in [0.25, 0.3) is 0 Å². The summed E-state index contributed by atoms with van der Waals surface area (Å²) >= 11 is 0. The molecule has 0 N–H and O–H groups in total. The molecule has 3 rings (SSSR count). The molecule has 18 heavy (non-hydrogen) atoms. The van der Waals surface area contributed by atoms with Crippen molar-refractivity contribution in [2.75, 3.05) is 32.7 Å². The molecule has 0 aromatic rings. The molecule has 2 heterocycles. The number of Topliss-reactive ketones (excluding diaryl/α,β-unsaturated/α-hetero) is 1. The summed E-state index contributed by atoms with van der Waals surface area (Å²) in [5, 5.41) is 0. The predicted molar refractivity (Wildman–Crippen MR) is 72.6 cm³/mol. The number of hydrogen-bond acceptors (Lipinski definition) is 3. The van der Waals surface area contributed by atoms with Crippen LogP contribution in [0.4, 0.5) is 0 Å². The monoisotopic (exact) mass is 250 g/mol. The summed E-state index contributed by atoms with van der Waals surface area (Å²) in [6.45, 7) is 6.38. The molecule has 0 aromatic heterocycles. The van der Waals surface area contributed by atoms with E-state index in [0.29, 0.717) is 5.78 Å². The van der Waals surface area contributed by atoms with Crippen LogP contribution in [-0.4, -0.2) is 54.3 Å². The van der Waals surface area contributed by atoms with Gasteiger partial charge in [0.05, 0.1) is 0 Å². The fourth-order valence-electron chi connectivity index (χ4n) is 3.93. The van der Waals surface area contributed by atoms with Crippen LogP contribution in [0.2, 0.25) is 0 Å². The highest BCUT2D eigenvalue weighted by Crippen LogP contribution is 2.25. The smallest absolute Gasteiger partial charge is 0.132 e. The standard InChI is InChI=1S/C15H26N2O/c18-15-6-4-13(5-7-15)11-16-9-10-17-8-2-1-3-14(17)12-16/h13-14H,1-12H2. The largest absolute Gasteiger partial charge is 0.300 e. The van der Waals surface area contributed by atoms with Crippen molar-refractivity contribution in [1.82, 2.24) is 9.80 Å². The summed E-state index contributed by atoms with van der Waals surface area (Å²) in [7, 11) is 0. The molecule has 0 aromatic carbocycles. The van der Waals surface area contributed by atoms with Gasteiger partial charge in [-0.1, -0.05) is 6.42 Å². The average molecular weight is 250 g/mol. The third kappa shape index (κ3) is 2.94. The van der Waals surface area contributed by atoms with Crippen molar-refractivity contribution in [1.29, 1.82) is 0 Å². The van der Waals surface area contributed by atoms with Crippen LogP contribution in [0.5, 0.6) is 0 Å². The topological polar surface area (TPSA) is 23.6 Å². The molecule has 3 fully saturated rings. The molecule has 3 nitrogen and oxygen atoms in total. The SMILES string of the molecule is O=C1CCC(CN2CCN3CCCCC3C2)CC1. The van der Waals surface area contributed by atoms with Crippen molar-refractivity contribution in [3.63, 3.8) is 0 Å². The van der Waals surface area contributed by atoms with E-state index in [0.717, 1.165) is 37.6 Å². The van der Waals surface area contributed by atoms with E-state index in [1.165, 1.54) is 52.0 Å². The summed E-state index contributed by atoms with van der Waals surface area (Å²) in [5.74, 6) is 1.28. The first kappa shape index (κ1) is 12.6. The van der Waals surface area contributed by atoms with E-state index in [4.69, 9.17) is 0 Å². The lowest BCUT2D eigenvalue weighted by molar-refractivity contribution is -0.121. The van der Waals surface area contributed by atoms with Gasteiger partial charge in [0.1, 0.15) is 5.78 Å². The molecule has 2 saturated heterocycles. The second kappa shape index (κ2) is 5.70. The Morgan fingerprint density at radius 1 is 1.00 bits per heavy atom. The van der Waals surface area contributed by atoms with E-state index >= 15 is 0 Å². The number of piperazine rings is 1. The first-order valence-electron chi connectivity index (χ1n) is 7.79. The van der Waals surface area contributed by atoms with Crippen LogP contribution in [0.15, 0.2) is 0 Å². The van der Waals surface area contributed by atoms with Crippen LogP contribution in [0.3, 0.4) is 0 Å². The molecule has 0 amide bonds. The van der Waals surface area contributed by atoms with Gasteiger partial charge in [-0.25, -0.2) is 0 Å². The van der Waals surface area contributed by atoms with Gasteiger partial charge in [0.2, 0.25) is 0 Å². The Bertz CT molecular complexity index is 295. The molecule has 102 valence electrons. The fourth-order valence-corrected chi connectivity index (χ4v) is 3.93. The summed E-state index contributed by atoms with van der Waals surface area (Å²) in [4.78, 5) is 16.6. The molecule has 0 bridgehead atoms. The Balaban J connectivity index is 1.47. The molecule has 1 unspecified atom stereocenters. The van der Waals surface area contributed by atoms with Gasteiger partial charge < -0.3 is 4.90 Å². The van der Waals surface area contributed by atoms with Gasteiger partial charge in [0.15, 0.2) is 0 Å². The first-order valence-corrected chi connectivity index (χ1v) is 7.79. The van der Waals surface area contributed by atoms with E-state index in [1.807, 2.05) is 0 Å². The van der Waals surface area contributed by atoms with Gasteiger partial charge in [0, 0.05) is 45.1 Å². The number of ketones is 1. The summed E-state index contributed by atoms with van der Waals surface area (Å²) in [6, 6.07) is 0.831. The van der Waals surface area contributed by atoms with Gasteiger partial charge in [-0.15, -0.1) is 0 Å². The van der Waals surface area contributed by atoms with Crippen LogP contribution in [-0.2, 0) is 4.79 Å². The van der Waals surface area contributed by atoms with Gasteiger partial charge in [-0.05, 0) is 38.1 Å². The van der Waals surface area contributed by atoms with E-state index in [9.17, 15) is 4.79 Å². The Morgan fingerprint density at radius 3 is 2.67 bits per heavy atom. The highest BCUT2D eigenvalue weighted by molar-refractivity contribution is 5.79. The highest BCUT2D eigenvalue weighted by Gasteiger charge is 2.30. The molecule has 3 heteroatoms. The molecule has 2 aliphatic heterocycles. The van der Waals surface area contributed by atoms with E-state index < -0.39 is 0 Å². The zero-order chi connectivity index (χ0) is 12.4. The lowest BCUT2D eigenvalue weighted by atomic mass is 9.87. The maximum absolute atomic E-state index is 11.3. The maximum Gasteiger partial charge on any atom is 0.132 e. The van der Waals surface area contributed by atoms with Gasteiger partial charge >= 0.3 is 0 Å². The van der Waals surface area contributed by atoms with Crippen molar-refractivity contribution < 1.29 is 4.79 Å². The molecular weight excluding hydrogens is 224 g/mol. The highest BCUT2D eigenvalue weighted by atomic mass is 16.1. The molecule has 1 saturated carbocycles. The maximum atomic E-state index is 11.3. The quantitative estimate of drug-likeness (QED) is 0.748. The Labute approximate surface area is 111 Å². The zero-order valence-electron chi connectivity index (χ0n) is 11.4. The lowest BCUT2D eigenvalue weighted by Gasteiger charge is -2.45. The van der Waals surface area contributed by atoms with Crippen molar-refractivity contribution >= 4 is 5.78 Å². The number of nitrogens with zero attached hydrogens (tertiary/aromatic N) is 2. The van der Waals surface area contributed by atoms with E-state index in [1.54, 1.807) is 0 Å². The number of piperidine rings is 1. The van der Waals surface area contributed by atoms with E-state index in [2.05, 4.69) is 9.80 Å². The Morgan fingerprint density at radius 2 is 1.83 bits per heavy atom.